The van der Waals surface area contributed by atoms with Crippen LogP contribution < -0.4 is 15.0 Å². The lowest BCUT2D eigenvalue weighted by Gasteiger charge is -2.30. The summed E-state index contributed by atoms with van der Waals surface area (Å²) in [6.07, 6.45) is 2.20. The number of aryl methyl sites for hydroxylation is 2. The van der Waals surface area contributed by atoms with E-state index in [9.17, 15) is 0 Å². The minimum Gasteiger partial charge on any atom is -0.495 e. The number of fused-ring (bicyclic) bond motifs is 1. The van der Waals surface area contributed by atoms with Gasteiger partial charge in [-0.2, -0.15) is 0 Å². The van der Waals surface area contributed by atoms with E-state index in [0.717, 1.165) is 30.9 Å². The van der Waals surface area contributed by atoms with E-state index in [0.29, 0.717) is 22.4 Å². The summed E-state index contributed by atoms with van der Waals surface area (Å²) in [6.45, 7) is 2.84. The maximum atomic E-state index is 6.14. The Morgan fingerprint density at radius 2 is 1.96 bits per heavy atom. The number of hydrogen-bond acceptors (Lipinski definition) is 5. The van der Waals surface area contributed by atoms with Gasteiger partial charge in [-0.25, -0.2) is 9.97 Å². The van der Waals surface area contributed by atoms with Crippen LogP contribution in [0.2, 0.25) is 5.02 Å². The third-order valence-electron chi connectivity index (χ3n) is 4.64. The number of rotatable bonds is 4. The second-order valence-electron chi connectivity index (χ2n) is 6.51. The molecule has 0 saturated carbocycles. The molecule has 5 nitrogen and oxygen atoms in total. The van der Waals surface area contributed by atoms with E-state index in [2.05, 4.69) is 44.5 Å². The maximum Gasteiger partial charge on any atom is 0.142 e. The lowest BCUT2D eigenvalue weighted by atomic mass is 10.0. The van der Waals surface area contributed by atoms with Crippen molar-refractivity contribution in [2.45, 2.75) is 19.8 Å². The van der Waals surface area contributed by atoms with Gasteiger partial charge in [0.15, 0.2) is 0 Å². The molecule has 0 spiro atoms. The monoisotopic (exact) mass is 380 g/mol. The highest BCUT2D eigenvalue weighted by molar-refractivity contribution is 6.31. The van der Waals surface area contributed by atoms with Crippen LogP contribution in [0.4, 0.5) is 23.0 Å². The normalized spacial score (nSPS) is 13.2. The summed E-state index contributed by atoms with van der Waals surface area (Å²) in [5.41, 5.74) is 3.34. The SMILES string of the molecule is COc1ccc(Cl)cc1Nc1cc(N2CCCc3ccccc32)nc(C)n1. The quantitative estimate of drug-likeness (QED) is 0.667. The van der Waals surface area contributed by atoms with E-state index < -0.39 is 0 Å². The molecule has 6 heteroatoms. The molecule has 0 fully saturated rings. The molecule has 1 aromatic heterocycles. The highest BCUT2D eigenvalue weighted by Gasteiger charge is 2.20. The highest BCUT2D eigenvalue weighted by atomic mass is 35.5. The molecule has 4 rings (SSSR count). The summed E-state index contributed by atoms with van der Waals surface area (Å²) in [5, 5.41) is 3.95. The van der Waals surface area contributed by atoms with Gasteiger partial charge in [-0.15, -0.1) is 0 Å². The minimum absolute atomic E-state index is 0.634. The highest BCUT2D eigenvalue weighted by Crippen LogP contribution is 2.34. The number of nitrogens with zero attached hydrogens (tertiary/aromatic N) is 3. The number of aromatic nitrogens is 2. The summed E-state index contributed by atoms with van der Waals surface area (Å²) in [6, 6.07) is 15.9. The van der Waals surface area contributed by atoms with E-state index in [4.69, 9.17) is 16.3 Å². The Morgan fingerprint density at radius 1 is 1.11 bits per heavy atom. The van der Waals surface area contributed by atoms with E-state index >= 15 is 0 Å². The molecule has 3 aromatic rings. The predicted molar refractivity (Wildman–Crippen MR) is 110 cm³/mol. The summed E-state index contributed by atoms with van der Waals surface area (Å²) in [5.74, 6) is 3.01. The number of para-hydroxylation sites is 1. The summed E-state index contributed by atoms with van der Waals surface area (Å²) < 4.78 is 5.42. The molecule has 0 amide bonds. The Morgan fingerprint density at radius 3 is 2.81 bits per heavy atom. The van der Waals surface area contributed by atoms with Crippen molar-refractivity contribution in [3.63, 3.8) is 0 Å². The van der Waals surface area contributed by atoms with Crippen LogP contribution in [-0.4, -0.2) is 23.6 Å². The third kappa shape index (κ3) is 3.69. The van der Waals surface area contributed by atoms with Gasteiger partial charge in [0.2, 0.25) is 0 Å². The molecular weight excluding hydrogens is 360 g/mol. The summed E-state index contributed by atoms with van der Waals surface area (Å²) >= 11 is 6.14. The Hall–Kier alpha value is -2.79. The molecular formula is C21H21ClN4O. The standard InChI is InChI=1S/C21H21ClN4O/c1-14-23-20(25-17-12-16(22)9-10-19(17)27-2)13-21(24-14)26-11-5-7-15-6-3-4-8-18(15)26/h3-4,6,8-10,12-13H,5,7,11H2,1-2H3,(H,23,24,25). The van der Waals surface area contributed by atoms with Crippen molar-refractivity contribution in [2.75, 3.05) is 23.9 Å². The molecule has 0 atom stereocenters. The molecule has 0 saturated heterocycles. The average molecular weight is 381 g/mol. The van der Waals surface area contributed by atoms with Gasteiger partial charge < -0.3 is 15.0 Å². The van der Waals surface area contributed by atoms with Crippen LogP contribution in [0.3, 0.4) is 0 Å². The number of anilines is 4. The average Bonchev–Trinajstić information content (AvgIpc) is 2.67. The molecule has 0 bridgehead atoms. The van der Waals surface area contributed by atoms with E-state index in [-0.39, 0.29) is 0 Å². The van der Waals surface area contributed by atoms with Gasteiger partial charge in [0.25, 0.3) is 0 Å². The van der Waals surface area contributed by atoms with Crippen molar-refractivity contribution >= 4 is 34.6 Å². The topological polar surface area (TPSA) is 50.3 Å². The molecule has 138 valence electrons. The molecule has 0 radical (unpaired) electrons. The molecule has 2 aromatic carbocycles. The minimum atomic E-state index is 0.634. The molecule has 2 heterocycles. The Kier molecular flexibility index (Phi) is 4.86. The van der Waals surface area contributed by atoms with Crippen LogP contribution in [-0.2, 0) is 6.42 Å². The molecule has 1 N–H and O–H groups in total. The first-order valence-corrected chi connectivity index (χ1v) is 9.33. The van der Waals surface area contributed by atoms with Crippen molar-refractivity contribution < 1.29 is 4.74 Å². The zero-order valence-electron chi connectivity index (χ0n) is 15.4. The number of nitrogens with one attached hydrogen (secondary N) is 1. The lowest BCUT2D eigenvalue weighted by molar-refractivity contribution is 0.417. The van der Waals surface area contributed by atoms with E-state index in [1.165, 1.54) is 11.3 Å². The van der Waals surface area contributed by atoms with E-state index in [1.807, 2.05) is 25.1 Å². The number of hydrogen-bond donors (Lipinski definition) is 1. The fourth-order valence-corrected chi connectivity index (χ4v) is 3.61. The number of methoxy groups -OCH3 is 1. The smallest absolute Gasteiger partial charge is 0.142 e. The number of halogens is 1. The third-order valence-corrected chi connectivity index (χ3v) is 4.87. The van der Waals surface area contributed by atoms with Crippen LogP contribution in [0.25, 0.3) is 0 Å². The first-order chi connectivity index (χ1) is 13.1. The largest absolute Gasteiger partial charge is 0.495 e. The molecule has 1 aliphatic rings. The Balaban J connectivity index is 1.70. The zero-order valence-corrected chi connectivity index (χ0v) is 16.1. The predicted octanol–water partition coefficient (Wildman–Crippen LogP) is 5.27. The van der Waals surface area contributed by atoms with Crippen LogP contribution in [0.15, 0.2) is 48.5 Å². The van der Waals surface area contributed by atoms with Crippen molar-refractivity contribution in [3.05, 3.63) is 64.9 Å². The van der Waals surface area contributed by atoms with Crippen LogP contribution in [0, 0.1) is 6.92 Å². The Bertz CT molecular complexity index is 976. The van der Waals surface area contributed by atoms with Gasteiger partial charge in [0.05, 0.1) is 12.8 Å². The van der Waals surface area contributed by atoms with Crippen LogP contribution in [0.5, 0.6) is 5.75 Å². The van der Waals surface area contributed by atoms with Gasteiger partial charge in [0, 0.05) is 23.3 Å². The fourth-order valence-electron chi connectivity index (χ4n) is 3.44. The van der Waals surface area contributed by atoms with Crippen LogP contribution >= 0.6 is 11.6 Å². The van der Waals surface area contributed by atoms with Gasteiger partial charge >= 0.3 is 0 Å². The van der Waals surface area contributed by atoms with Crippen molar-refractivity contribution in [1.82, 2.24) is 9.97 Å². The van der Waals surface area contributed by atoms with Crippen molar-refractivity contribution in [2.24, 2.45) is 0 Å². The number of benzene rings is 2. The zero-order chi connectivity index (χ0) is 18.8. The second-order valence-corrected chi connectivity index (χ2v) is 6.95. The van der Waals surface area contributed by atoms with Crippen LogP contribution in [0.1, 0.15) is 17.8 Å². The molecule has 27 heavy (non-hydrogen) atoms. The van der Waals surface area contributed by atoms with Crippen molar-refractivity contribution in [1.29, 1.82) is 0 Å². The van der Waals surface area contributed by atoms with E-state index in [1.54, 1.807) is 13.2 Å². The lowest BCUT2D eigenvalue weighted by Crippen LogP contribution is -2.25. The summed E-state index contributed by atoms with van der Waals surface area (Å²) in [7, 11) is 1.63. The molecule has 0 unspecified atom stereocenters. The van der Waals surface area contributed by atoms with Gasteiger partial charge in [-0.05, 0) is 49.6 Å². The summed E-state index contributed by atoms with van der Waals surface area (Å²) in [4.78, 5) is 11.5. The number of ether oxygens (including phenoxy) is 1. The maximum absolute atomic E-state index is 6.14. The van der Waals surface area contributed by atoms with Crippen molar-refractivity contribution in [3.8, 4) is 5.75 Å². The fraction of sp³-hybridized carbons (Fsp3) is 0.238. The first kappa shape index (κ1) is 17.6. The molecule has 1 aliphatic heterocycles. The Labute approximate surface area is 164 Å². The van der Waals surface area contributed by atoms with Gasteiger partial charge in [-0.3, -0.25) is 0 Å². The van der Waals surface area contributed by atoms with Gasteiger partial charge in [0.1, 0.15) is 23.2 Å². The second kappa shape index (κ2) is 7.45. The molecule has 0 aliphatic carbocycles. The van der Waals surface area contributed by atoms with Gasteiger partial charge in [-0.1, -0.05) is 29.8 Å². The first-order valence-electron chi connectivity index (χ1n) is 8.96.